The smallest absolute Gasteiger partial charge is 0.223 e. The van der Waals surface area contributed by atoms with Crippen molar-refractivity contribution in [1.29, 1.82) is 0 Å². The van der Waals surface area contributed by atoms with E-state index in [1.807, 2.05) is 4.90 Å². The number of carbonyl (C=O) groups is 1. The van der Waals surface area contributed by atoms with Crippen LogP contribution >= 0.6 is 0 Å². The molecule has 0 aliphatic carbocycles. The Bertz CT molecular complexity index is 176. The summed E-state index contributed by atoms with van der Waals surface area (Å²) in [5.41, 5.74) is 0. The summed E-state index contributed by atoms with van der Waals surface area (Å²) in [4.78, 5) is 13.7. The lowest BCUT2D eigenvalue weighted by molar-refractivity contribution is -0.135. The van der Waals surface area contributed by atoms with Gasteiger partial charge in [-0.15, -0.1) is 0 Å². The van der Waals surface area contributed by atoms with E-state index in [1.54, 1.807) is 0 Å². The molecule has 0 unspecified atom stereocenters. The molecule has 0 aromatic rings. The zero-order valence-corrected chi connectivity index (χ0v) is 8.84. The molecule has 0 aromatic heterocycles. The fourth-order valence-corrected chi connectivity index (χ4v) is 1.60. The quantitative estimate of drug-likeness (QED) is 0.702. The zero-order chi connectivity index (χ0) is 9.84. The number of rotatable bonds is 4. The van der Waals surface area contributed by atoms with Gasteiger partial charge in [-0.2, -0.15) is 0 Å². The predicted molar refractivity (Wildman–Crippen MR) is 53.5 cm³/mol. The maximum atomic E-state index is 11.7. The van der Waals surface area contributed by atoms with Gasteiger partial charge in [0.1, 0.15) is 0 Å². The Kier molecular flexibility index (Phi) is 3.72. The van der Waals surface area contributed by atoms with E-state index in [0.717, 1.165) is 19.6 Å². The Hall–Kier alpha value is -0.570. The van der Waals surface area contributed by atoms with Gasteiger partial charge >= 0.3 is 0 Å². The van der Waals surface area contributed by atoms with Crippen molar-refractivity contribution >= 4 is 5.91 Å². The van der Waals surface area contributed by atoms with Crippen LogP contribution in [0.2, 0.25) is 0 Å². The van der Waals surface area contributed by atoms with Gasteiger partial charge in [0.05, 0.1) is 6.04 Å². The molecule has 76 valence electrons. The zero-order valence-electron chi connectivity index (χ0n) is 8.84. The molecule has 1 N–H and O–H groups in total. The van der Waals surface area contributed by atoms with Crippen molar-refractivity contribution in [3.8, 4) is 0 Å². The molecular weight excluding hydrogens is 164 g/mol. The lowest BCUT2D eigenvalue weighted by atomic mass is 10.1. The van der Waals surface area contributed by atoms with Gasteiger partial charge in [0.25, 0.3) is 0 Å². The standard InChI is InChI=1S/C10H20N2O/c1-4-12(9-6-11-7-9)10(13)5-8(2)3/h8-9,11H,4-7H2,1-3H3. The molecule has 1 aliphatic rings. The highest BCUT2D eigenvalue weighted by Gasteiger charge is 2.26. The topological polar surface area (TPSA) is 32.3 Å². The van der Waals surface area contributed by atoms with E-state index in [1.165, 1.54) is 0 Å². The van der Waals surface area contributed by atoms with E-state index in [4.69, 9.17) is 0 Å². The monoisotopic (exact) mass is 184 g/mol. The number of hydrogen-bond donors (Lipinski definition) is 1. The first-order valence-electron chi connectivity index (χ1n) is 5.15. The molecule has 0 saturated carbocycles. The fraction of sp³-hybridized carbons (Fsp3) is 0.900. The van der Waals surface area contributed by atoms with E-state index in [-0.39, 0.29) is 0 Å². The average molecular weight is 184 g/mol. The Morgan fingerprint density at radius 1 is 1.54 bits per heavy atom. The molecule has 0 spiro atoms. The minimum atomic E-state index is 0.309. The summed E-state index contributed by atoms with van der Waals surface area (Å²) in [6.45, 7) is 9.01. The second-order valence-corrected chi connectivity index (χ2v) is 4.09. The molecule has 1 rings (SSSR count). The fourth-order valence-electron chi connectivity index (χ4n) is 1.60. The van der Waals surface area contributed by atoms with Crippen LogP contribution in [-0.2, 0) is 4.79 Å². The Labute approximate surface area is 80.5 Å². The summed E-state index contributed by atoms with van der Waals surface area (Å²) in [6.07, 6.45) is 0.685. The molecule has 3 nitrogen and oxygen atoms in total. The number of amides is 1. The molecular formula is C10H20N2O. The number of nitrogens with zero attached hydrogens (tertiary/aromatic N) is 1. The largest absolute Gasteiger partial charge is 0.337 e. The lowest BCUT2D eigenvalue weighted by Gasteiger charge is -2.38. The van der Waals surface area contributed by atoms with Crippen molar-refractivity contribution < 1.29 is 4.79 Å². The molecule has 0 radical (unpaired) electrons. The third-order valence-electron chi connectivity index (χ3n) is 2.44. The molecule has 0 aromatic carbocycles. The SMILES string of the molecule is CCN(C(=O)CC(C)C)C1CNC1. The molecule has 1 heterocycles. The van der Waals surface area contributed by atoms with Gasteiger partial charge in [-0.3, -0.25) is 4.79 Å². The summed E-state index contributed by atoms with van der Waals surface area (Å²) in [7, 11) is 0. The van der Waals surface area contributed by atoms with Gasteiger partial charge in [0.15, 0.2) is 0 Å². The van der Waals surface area contributed by atoms with Crippen molar-refractivity contribution in [1.82, 2.24) is 10.2 Å². The van der Waals surface area contributed by atoms with E-state index in [2.05, 4.69) is 26.1 Å². The summed E-state index contributed by atoms with van der Waals surface area (Å²) in [6, 6.07) is 0.455. The van der Waals surface area contributed by atoms with Crippen LogP contribution in [0.1, 0.15) is 27.2 Å². The van der Waals surface area contributed by atoms with E-state index >= 15 is 0 Å². The van der Waals surface area contributed by atoms with E-state index in [9.17, 15) is 4.79 Å². The Morgan fingerprint density at radius 2 is 2.15 bits per heavy atom. The van der Waals surface area contributed by atoms with Gasteiger partial charge in [-0.1, -0.05) is 13.8 Å². The number of hydrogen-bond acceptors (Lipinski definition) is 2. The van der Waals surface area contributed by atoms with Gasteiger partial charge < -0.3 is 10.2 Å². The van der Waals surface area contributed by atoms with Crippen LogP contribution in [0.5, 0.6) is 0 Å². The summed E-state index contributed by atoms with van der Waals surface area (Å²) in [5.74, 6) is 0.776. The van der Waals surface area contributed by atoms with E-state index < -0.39 is 0 Å². The number of nitrogens with one attached hydrogen (secondary N) is 1. The Morgan fingerprint density at radius 3 is 2.46 bits per heavy atom. The highest BCUT2D eigenvalue weighted by molar-refractivity contribution is 5.76. The van der Waals surface area contributed by atoms with Crippen molar-refractivity contribution in [3.63, 3.8) is 0 Å². The van der Waals surface area contributed by atoms with E-state index in [0.29, 0.717) is 24.3 Å². The van der Waals surface area contributed by atoms with Crippen LogP contribution in [0.4, 0.5) is 0 Å². The number of likely N-dealkylation sites (N-methyl/N-ethyl adjacent to an activating group) is 1. The highest BCUT2D eigenvalue weighted by Crippen LogP contribution is 2.10. The molecule has 1 aliphatic heterocycles. The maximum Gasteiger partial charge on any atom is 0.223 e. The Balaban J connectivity index is 2.40. The molecule has 1 saturated heterocycles. The first kappa shape index (κ1) is 10.5. The minimum absolute atomic E-state index is 0.309. The lowest BCUT2D eigenvalue weighted by Crippen LogP contribution is -2.58. The average Bonchev–Trinajstić information content (AvgIpc) is 1.94. The predicted octanol–water partition coefficient (Wildman–Crippen LogP) is 0.853. The van der Waals surface area contributed by atoms with Crippen LogP contribution in [0, 0.1) is 5.92 Å². The molecule has 1 fully saturated rings. The van der Waals surface area contributed by atoms with Crippen molar-refractivity contribution in [2.45, 2.75) is 33.2 Å². The second-order valence-electron chi connectivity index (χ2n) is 4.09. The number of carbonyl (C=O) groups excluding carboxylic acids is 1. The molecule has 13 heavy (non-hydrogen) atoms. The van der Waals surface area contributed by atoms with Gasteiger partial charge in [-0.05, 0) is 12.8 Å². The van der Waals surface area contributed by atoms with Crippen molar-refractivity contribution in [3.05, 3.63) is 0 Å². The maximum absolute atomic E-state index is 11.7. The van der Waals surface area contributed by atoms with Crippen LogP contribution in [0.15, 0.2) is 0 Å². The molecule has 3 heteroatoms. The third kappa shape index (κ3) is 2.69. The molecule has 0 atom stereocenters. The van der Waals surface area contributed by atoms with Crippen molar-refractivity contribution in [2.75, 3.05) is 19.6 Å². The third-order valence-corrected chi connectivity index (χ3v) is 2.44. The summed E-state index contributed by atoms with van der Waals surface area (Å²) < 4.78 is 0. The van der Waals surface area contributed by atoms with Gasteiger partial charge in [0.2, 0.25) is 5.91 Å². The minimum Gasteiger partial charge on any atom is -0.337 e. The van der Waals surface area contributed by atoms with Crippen LogP contribution in [0.3, 0.4) is 0 Å². The van der Waals surface area contributed by atoms with Crippen LogP contribution in [0.25, 0.3) is 0 Å². The van der Waals surface area contributed by atoms with Gasteiger partial charge in [-0.25, -0.2) is 0 Å². The van der Waals surface area contributed by atoms with Crippen LogP contribution < -0.4 is 5.32 Å². The summed E-state index contributed by atoms with van der Waals surface area (Å²) in [5, 5.41) is 3.19. The van der Waals surface area contributed by atoms with Crippen molar-refractivity contribution in [2.24, 2.45) is 5.92 Å². The highest BCUT2D eigenvalue weighted by atomic mass is 16.2. The molecule has 0 bridgehead atoms. The van der Waals surface area contributed by atoms with Gasteiger partial charge in [0, 0.05) is 26.1 Å². The van der Waals surface area contributed by atoms with Crippen LogP contribution in [-0.4, -0.2) is 36.5 Å². The first-order chi connectivity index (χ1) is 6.15. The second kappa shape index (κ2) is 4.61. The first-order valence-corrected chi connectivity index (χ1v) is 5.15. The summed E-state index contributed by atoms with van der Waals surface area (Å²) >= 11 is 0. The molecule has 1 amide bonds. The normalized spacial score (nSPS) is 17.2.